The lowest BCUT2D eigenvalue weighted by Gasteiger charge is -2.32. The highest BCUT2D eigenvalue weighted by Crippen LogP contribution is 2.33. The molecule has 0 bridgehead atoms. The zero-order valence-electron chi connectivity index (χ0n) is 20.7. The van der Waals surface area contributed by atoms with Gasteiger partial charge < -0.3 is 28.7 Å². The average molecular weight is 471 g/mol. The van der Waals surface area contributed by atoms with E-state index in [0.29, 0.717) is 48.2 Å². The quantitative estimate of drug-likeness (QED) is 0.529. The Kier molecular flexibility index (Phi) is 8.62. The van der Waals surface area contributed by atoms with E-state index in [-0.39, 0.29) is 18.4 Å². The molecule has 1 aliphatic heterocycles. The number of unbranched alkanes of at least 4 members (excludes halogenated alkanes) is 1. The highest BCUT2D eigenvalue weighted by atomic mass is 16.5. The summed E-state index contributed by atoms with van der Waals surface area (Å²) in [5.74, 6) is 2.08. The minimum absolute atomic E-state index is 0.0149. The maximum Gasteiger partial charge on any atom is 0.254 e. The van der Waals surface area contributed by atoms with Gasteiger partial charge in [-0.3, -0.25) is 9.59 Å². The Morgan fingerprint density at radius 1 is 0.882 bits per heavy atom. The molecular formula is C26H34N2O6. The maximum atomic E-state index is 13.4. The van der Waals surface area contributed by atoms with Crippen molar-refractivity contribution in [3.8, 4) is 23.0 Å². The first-order chi connectivity index (χ1) is 16.4. The van der Waals surface area contributed by atoms with Gasteiger partial charge in [-0.25, -0.2) is 0 Å². The van der Waals surface area contributed by atoms with Gasteiger partial charge in [-0.2, -0.15) is 0 Å². The third kappa shape index (κ3) is 5.73. The number of hydrogen-bond donors (Lipinski definition) is 0. The van der Waals surface area contributed by atoms with Crippen LogP contribution in [0.15, 0.2) is 30.3 Å². The minimum atomic E-state index is -0.220. The first-order valence-corrected chi connectivity index (χ1v) is 11.5. The highest BCUT2D eigenvalue weighted by Gasteiger charge is 2.26. The van der Waals surface area contributed by atoms with E-state index in [1.807, 2.05) is 12.1 Å². The van der Waals surface area contributed by atoms with Crippen molar-refractivity contribution in [3.05, 3.63) is 47.0 Å². The summed E-state index contributed by atoms with van der Waals surface area (Å²) in [5, 5.41) is 0. The molecule has 2 aromatic carbocycles. The zero-order valence-corrected chi connectivity index (χ0v) is 20.7. The van der Waals surface area contributed by atoms with Crippen LogP contribution in [0, 0.1) is 0 Å². The number of ether oxygens (including phenoxy) is 4. The Balaban J connectivity index is 1.78. The van der Waals surface area contributed by atoms with E-state index in [0.717, 1.165) is 30.4 Å². The number of nitrogens with zero attached hydrogens (tertiary/aromatic N) is 2. The Morgan fingerprint density at radius 3 is 2.06 bits per heavy atom. The molecule has 0 aromatic heterocycles. The number of methoxy groups -OCH3 is 4. The van der Waals surface area contributed by atoms with Gasteiger partial charge in [0.15, 0.2) is 11.5 Å². The van der Waals surface area contributed by atoms with Crippen LogP contribution in [0.25, 0.3) is 0 Å². The summed E-state index contributed by atoms with van der Waals surface area (Å²) in [6.07, 6.45) is 2.44. The second-order valence-electron chi connectivity index (χ2n) is 8.22. The average Bonchev–Trinajstić information content (AvgIpc) is 2.88. The van der Waals surface area contributed by atoms with Gasteiger partial charge in [0.2, 0.25) is 5.91 Å². The zero-order chi connectivity index (χ0) is 24.7. The van der Waals surface area contributed by atoms with Crippen LogP contribution in [0.1, 0.15) is 41.3 Å². The van der Waals surface area contributed by atoms with Crippen molar-refractivity contribution in [3.63, 3.8) is 0 Å². The van der Waals surface area contributed by atoms with E-state index in [2.05, 4.69) is 6.92 Å². The molecule has 0 saturated carbocycles. The molecule has 8 heteroatoms. The lowest BCUT2D eigenvalue weighted by Crippen LogP contribution is -2.45. The Morgan fingerprint density at radius 2 is 1.50 bits per heavy atom. The molecule has 2 aromatic rings. The van der Waals surface area contributed by atoms with E-state index in [9.17, 15) is 9.59 Å². The molecule has 0 saturated heterocycles. The number of rotatable bonds is 10. The summed E-state index contributed by atoms with van der Waals surface area (Å²) in [6.45, 7) is 3.63. The van der Waals surface area contributed by atoms with E-state index in [1.165, 1.54) is 0 Å². The fourth-order valence-electron chi connectivity index (χ4n) is 4.07. The van der Waals surface area contributed by atoms with Crippen molar-refractivity contribution >= 4 is 11.8 Å². The molecule has 2 amide bonds. The van der Waals surface area contributed by atoms with Crippen LogP contribution in [0.4, 0.5) is 0 Å². The van der Waals surface area contributed by atoms with Gasteiger partial charge in [0.05, 0.1) is 28.4 Å². The molecule has 184 valence electrons. The van der Waals surface area contributed by atoms with Crippen molar-refractivity contribution < 1.29 is 28.5 Å². The number of hydrogen-bond acceptors (Lipinski definition) is 6. The van der Waals surface area contributed by atoms with Crippen molar-refractivity contribution in [1.82, 2.24) is 9.80 Å². The van der Waals surface area contributed by atoms with Crippen molar-refractivity contribution in [2.75, 3.05) is 48.1 Å². The Hall–Kier alpha value is -3.42. The van der Waals surface area contributed by atoms with Gasteiger partial charge >= 0.3 is 0 Å². The lowest BCUT2D eigenvalue weighted by molar-refractivity contribution is -0.132. The Labute approximate surface area is 201 Å². The molecule has 0 fully saturated rings. The van der Waals surface area contributed by atoms with Crippen LogP contribution in [0.5, 0.6) is 23.0 Å². The molecule has 8 nitrogen and oxygen atoms in total. The van der Waals surface area contributed by atoms with Crippen molar-refractivity contribution in [2.24, 2.45) is 0 Å². The highest BCUT2D eigenvalue weighted by molar-refractivity contribution is 5.97. The van der Waals surface area contributed by atoms with Crippen LogP contribution in [0.3, 0.4) is 0 Å². The van der Waals surface area contributed by atoms with Crippen LogP contribution in [0.2, 0.25) is 0 Å². The number of amides is 2. The third-order valence-electron chi connectivity index (χ3n) is 6.06. The summed E-state index contributed by atoms with van der Waals surface area (Å²) in [7, 11) is 6.30. The molecule has 0 aliphatic carbocycles. The summed E-state index contributed by atoms with van der Waals surface area (Å²) < 4.78 is 21.4. The molecule has 0 spiro atoms. The van der Waals surface area contributed by atoms with E-state index < -0.39 is 0 Å². The van der Waals surface area contributed by atoms with Gasteiger partial charge in [-0.05, 0) is 48.2 Å². The molecule has 34 heavy (non-hydrogen) atoms. The van der Waals surface area contributed by atoms with Crippen LogP contribution in [-0.4, -0.2) is 69.7 Å². The normalized spacial score (nSPS) is 12.6. The maximum absolute atomic E-state index is 13.4. The molecule has 1 aliphatic rings. The number of fused-ring (bicyclic) bond motifs is 1. The molecule has 0 unspecified atom stereocenters. The summed E-state index contributed by atoms with van der Waals surface area (Å²) in [4.78, 5) is 30.1. The summed E-state index contributed by atoms with van der Waals surface area (Å²) in [5.41, 5.74) is 2.60. The number of carbonyl (C=O) groups excluding carboxylic acids is 2. The number of benzene rings is 2. The fraction of sp³-hybridized carbons (Fsp3) is 0.462. The van der Waals surface area contributed by atoms with Gasteiger partial charge in [-0.15, -0.1) is 0 Å². The molecule has 1 heterocycles. The molecule has 0 N–H and O–H groups in total. The predicted octanol–water partition coefficient (Wildman–Crippen LogP) is 3.55. The van der Waals surface area contributed by atoms with Crippen molar-refractivity contribution in [1.29, 1.82) is 0 Å². The van der Waals surface area contributed by atoms with Crippen LogP contribution in [-0.2, 0) is 17.8 Å². The molecule has 0 atom stereocenters. The minimum Gasteiger partial charge on any atom is -0.497 e. The smallest absolute Gasteiger partial charge is 0.254 e. The van der Waals surface area contributed by atoms with E-state index >= 15 is 0 Å². The third-order valence-corrected chi connectivity index (χ3v) is 6.06. The van der Waals surface area contributed by atoms with Crippen LogP contribution >= 0.6 is 0 Å². The topological polar surface area (TPSA) is 77.5 Å². The molecular weight excluding hydrogens is 436 g/mol. The predicted molar refractivity (Wildman–Crippen MR) is 129 cm³/mol. The van der Waals surface area contributed by atoms with E-state index in [1.54, 1.807) is 56.4 Å². The largest absolute Gasteiger partial charge is 0.497 e. The second-order valence-corrected chi connectivity index (χ2v) is 8.22. The van der Waals surface area contributed by atoms with Gasteiger partial charge in [0.1, 0.15) is 18.0 Å². The van der Waals surface area contributed by atoms with Crippen molar-refractivity contribution in [2.45, 2.75) is 32.7 Å². The standard InChI is InChI=1S/C26H34N2O6/c1-6-7-9-28(26(30)19-11-21(31-2)15-22(12-19)32-3)17-25(29)27-10-8-18-13-23(33-4)24(34-5)14-20(18)16-27/h11-15H,6-10,16-17H2,1-5H3. The van der Waals surface area contributed by atoms with Gasteiger partial charge in [0, 0.05) is 31.3 Å². The van der Waals surface area contributed by atoms with Crippen LogP contribution < -0.4 is 18.9 Å². The first-order valence-electron chi connectivity index (χ1n) is 11.5. The van der Waals surface area contributed by atoms with Gasteiger partial charge in [0.25, 0.3) is 5.91 Å². The monoisotopic (exact) mass is 470 g/mol. The lowest BCUT2D eigenvalue weighted by atomic mass is 9.98. The molecule has 3 rings (SSSR count). The SMILES string of the molecule is CCCCN(CC(=O)N1CCc2cc(OC)c(OC)cc2C1)C(=O)c1cc(OC)cc(OC)c1. The summed E-state index contributed by atoms with van der Waals surface area (Å²) in [6, 6.07) is 8.96. The fourth-order valence-corrected chi connectivity index (χ4v) is 4.07. The first kappa shape index (κ1) is 25.2. The van der Waals surface area contributed by atoms with E-state index in [4.69, 9.17) is 18.9 Å². The Bertz CT molecular complexity index is 1000. The molecule has 0 radical (unpaired) electrons. The second kappa shape index (κ2) is 11.6. The summed E-state index contributed by atoms with van der Waals surface area (Å²) >= 11 is 0. The van der Waals surface area contributed by atoms with Gasteiger partial charge in [-0.1, -0.05) is 13.3 Å². The number of carbonyl (C=O) groups is 2.